The average molecular weight is 379 g/mol. The van der Waals surface area contributed by atoms with E-state index in [1.165, 1.54) is 17.1 Å². The lowest BCUT2D eigenvalue weighted by molar-refractivity contribution is 0.0527. The maximum atomic E-state index is 12.5. The van der Waals surface area contributed by atoms with Crippen LogP contribution in [0.5, 0.6) is 0 Å². The number of anilines is 2. The van der Waals surface area contributed by atoms with Crippen LogP contribution in [0.15, 0.2) is 42.7 Å². The molecule has 2 heterocycles. The molecule has 28 heavy (non-hydrogen) atoms. The van der Waals surface area contributed by atoms with Crippen LogP contribution in [-0.2, 0) is 4.74 Å². The second-order valence-corrected chi connectivity index (χ2v) is 6.31. The Morgan fingerprint density at radius 2 is 1.86 bits per heavy atom. The van der Waals surface area contributed by atoms with Gasteiger partial charge >= 0.3 is 5.97 Å². The lowest BCUT2D eigenvalue weighted by Gasteiger charge is -2.08. The van der Waals surface area contributed by atoms with Crippen LogP contribution in [0, 0.1) is 13.8 Å². The van der Waals surface area contributed by atoms with Gasteiger partial charge < -0.3 is 15.8 Å². The lowest BCUT2D eigenvalue weighted by Crippen LogP contribution is -2.13. The number of nitrogen functional groups attached to an aromatic ring is 1. The summed E-state index contributed by atoms with van der Waals surface area (Å²) >= 11 is 0. The monoisotopic (exact) mass is 379 g/mol. The third kappa shape index (κ3) is 4.01. The first-order chi connectivity index (χ1) is 13.4. The highest BCUT2D eigenvalue weighted by Gasteiger charge is 2.18. The molecule has 0 fully saturated rings. The maximum Gasteiger partial charge on any atom is 0.343 e. The van der Waals surface area contributed by atoms with Gasteiger partial charge in [-0.15, -0.1) is 0 Å². The number of carbonyl (C=O) groups excluding carboxylic acids is 2. The molecule has 8 nitrogen and oxygen atoms in total. The number of aryl methyl sites for hydroxylation is 2. The number of carbonyl (C=O) groups is 2. The third-order valence-corrected chi connectivity index (χ3v) is 4.01. The molecule has 144 valence electrons. The van der Waals surface area contributed by atoms with Crippen LogP contribution in [0.4, 0.5) is 11.5 Å². The summed E-state index contributed by atoms with van der Waals surface area (Å²) in [6.45, 7) is 5.89. The average Bonchev–Trinajstić information content (AvgIpc) is 3.02. The predicted molar refractivity (Wildman–Crippen MR) is 106 cm³/mol. The van der Waals surface area contributed by atoms with Crippen LogP contribution in [0.2, 0.25) is 0 Å². The second kappa shape index (κ2) is 7.91. The number of nitrogens with zero attached hydrogens (tertiary/aromatic N) is 3. The molecule has 8 heteroatoms. The van der Waals surface area contributed by atoms with Crippen molar-refractivity contribution in [3.8, 4) is 5.82 Å². The van der Waals surface area contributed by atoms with E-state index in [2.05, 4.69) is 15.4 Å². The Labute approximate surface area is 162 Å². The number of benzene rings is 1. The Hall–Kier alpha value is -3.68. The predicted octanol–water partition coefficient (Wildman–Crippen LogP) is 2.90. The van der Waals surface area contributed by atoms with Gasteiger partial charge in [-0.2, -0.15) is 9.78 Å². The quantitative estimate of drug-likeness (QED) is 0.659. The molecule has 1 amide bonds. The number of pyridine rings is 1. The number of hydrogen-bond acceptors (Lipinski definition) is 6. The molecule has 3 aromatic rings. The first-order valence-electron chi connectivity index (χ1n) is 8.75. The van der Waals surface area contributed by atoms with E-state index >= 15 is 0 Å². The van der Waals surface area contributed by atoms with Crippen molar-refractivity contribution in [2.45, 2.75) is 20.8 Å². The molecule has 0 bridgehead atoms. The van der Waals surface area contributed by atoms with Crippen LogP contribution in [0.1, 0.15) is 38.8 Å². The number of nitrogens with one attached hydrogen (secondary N) is 1. The molecule has 0 aliphatic carbocycles. The minimum absolute atomic E-state index is 0.124. The van der Waals surface area contributed by atoms with Crippen molar-refractivity contribution in [2.75, 3.05) is 17.7 Å². The SMILES string of the molecule is CCOC(=O)c1cnn(-c2ccc(C(=O)Nc3cc(C)cc(C)c3)cn2)c1N. The largest absolute Gasteiger partial charge is 0.462 e. The third-order valence-electron chi connectivity index (χ3n) is 4.01. The van der Waals surface area contributed by atoms with Crippen LogP contribution in [0.25, 0.3) is 5.82 Å². The minimum atomic E-state index is -0.546. The van der Waals surface area contributed by atoms with Gasteiger partial charge in [-0.25, -0.2) is 9.78 Å². The maximum absolute atomic E-state index is 12.5. The van der Waals surface area contributed by atoms with Crippen molar-refractivity contribution in [1.82, 2.24) is 14.8 Å². The summed E-state index contributed by atoms with van der Waals surface area (Å²) in [5.74, 6) is -0.310. The van der Waals surface area contributed by atoms with Gasteiger partial charge in [0, 0.05) is 11.9 Å². The van der Waals surface area contributed by atoms with Crippen LogP contribution >= 0.6 is 0 Å². The van der Waals surface area contributed by atoms with E-state index < -0.39 is 5.97 Å². The number of hydrogen-bond donors (Lipinski definition) is 2. The summed E-state index contributed by atoms with van der Waals surface area (Å²) < 4.78 is 6.25. The molecular weight excluding hydrogens is 358 g/mol. The summed E-state index contributed by atoms with van der Waals surface area (Å²) in [7, 11) is 0. The van der Waals surface area contributed by atoms with Crippen molar-refractivity contribution >= 4 is 23.4 Å². The zero-order valence-electron chi connectivity index (χ0n) is 15.9. The van der Waals surface area contributed by atoms with E-state index in [1.54, 1.807) is 19.1 Å². The topological polar surface area (TPSA) is 112 Å². The minimum Gasteiger partial charge on any atom is -0.462 e. The lowest BCUT2D eigenvalue weighted by atomic mass is 10.1. The Morgan fingerprint density at radius 1 is 1.14 bits per heavy atom. The number of aromatic nitrogens is 3. The van der Waals surface area contributed by atoms with Crippen molar-refractivity contribution in [3.63, 3.8) is 0 Å². The highest BCUT2D eigenvalue weighted by molar-refractivity contribution is 6.04. The molecule has 1 aromatic carbocycles. The van der Waals surface area contributed by atoms with Crippen molar-refractivity contribution in [2.24, 2.45) is 0 Å². The number of esters is 1. The van der Waals surface area contributed by atoms with Gasteiger partial charge in [0.2, 0.25) is 0 Å². The Bertz CT molecular complexity index is 1000. The molecule has 0 atom stereocenters. The van der Waals surface area contributed by atoms with Gasteiger partial charge in [0.05, 0.1) is 18.4 Å². The highest BCUT2D eigenvalue weighted by atomic mass is 16.5. The Kier molecular flexibility index (Phi) is 5.39. The van der Waals surface area contributed by atoms with Gasteiger partial charge in [0.1, 0.15) is 11.4 Å². The Balaban J connectivity index is 1.78. The molecule has 0 aliphatic heterocycles. The molecule has 2 aromatic heterocycles. The van der Waals surface area contributed by atoms with E-state index in [9.17, 15) is 9.59 Å². The van der Waals surface area contributed by atoms with Crippen LogP contribution < -0.4 is 11.1 Å². The van der Waals surface area contributed by atoms with Gasteiger partial charge in [-0.05, 0) is 56.2 Å². The normalized spacial score (nSPS) is 10.5. The summed E-state index contributed by atoms with van der Waals surface area (Å²) in [5.41, 5.74) is 9.38. The van der Waals surface area contributed by atoms with E-state index in [4.69, 9.17) is 10.5 Å². The molecule has 3 N–H and O–H groups in total. The summed E-state index contributed by atoms with van der Waals surface area (Å²) in [6, 6.07) is 9.05. The van der Waals surface area contributed by atoms with Crippen molar-refractivity contribution < 1.29 is 14.3 Å². The molecule has 0 radical (unpaired) electrons. The van der Waals surface area contributed by atoms with Crippen molar-refractivity contribution in [1.29, 1.82) is 0 Å². The zero-order chi connectivity index (χ0) is 20.3. The molecule has 0 saturated heterocycles. The molecule has 0 unspecified atom stereocenters. The van der Waals surface area contributed by atoms with E-state index in [0.717, 1.165) is 16.8 Å². The molecule has 0 aliphatic rings. The number of rotatable bonds is 5. The molecule has 0 spiro atoms. The first-order valence-corrected chi connectivity index (χ1v) is 8.75. The fourth-order valence-corrected chi connectivity index (χ4v) is 2.80. The molecule has 0 saturated carbocycles. The smallest absolute Gasteiger partial charge is 0.343 e. The summed E-state index contributed by atoms with van der Waals surface area (Å²) in [4.78, 5) is 28.5. The molecular formula is C20H21N5O3. The van der Waals surface area contributed by atoms with Crippen molar-refractivity contribution in [3.05, 3.63) is 65.0 Å². The second-order valence-electron chi connectivity index (χ2n) is 6.31. The highest BCUT2D eigenvalue weighted by Crippen LogP contribution is 2.18. The number of ether oxygens (including phenoxy) is 1. The zero-order valence-corrected chi connectivity index (χ0v) is 15.9. The standard InChI is InChI=1S/C20H21N5O3/c1-4-28-20(27)16-11-23-25(18(16)21)17-6-5-14(10-22-17)19(26)24-15-8-12(2)7-13(3)9-15/h5-11H,4,21H2,1-3H3,(H,24,26). The van der Waals surface area contributed by atoms with Crippen LogP contribution in [0.3, 0.4) is 0 Å². The number of amides is 1. The first kappa shape index (κ1) is 19.1. The van der Waals surface area contributed by atoms with Crippen LogP contribution in [-0.4, -0.2) is 33.2 Å². The van der Waals surface area contributed by atoms with E-state index in [0.29, 0.717) is 11.4 Å². The Morgan fingerprint density at radius 3 is 2.46 bits per heavy atom. The summed E-state index contributed by atoms with van der Waals surface area (Å²) in [5, 5.41) is 6.94. The van der Waals surface area contributed by atoms with Gasteiger partial charge in [-0.3, -0.25) is 4.79 Å². The number of nitrogens with two attached hydrogens (primary N) is 1. The molecule has 3 rings (SSSR count). The fraction of sp³-hybridized carbons (Fsp3) is 0.200. The summed E-state index contributed by atoms with van der Waals surface area (Å²) in [6.07, 6.45) is 2.76. The van der Waals surface area contributed by atoms with Gasteiger partial charge in [0.25, 0.3) is 5.91 Å². The van der Waals surface area contributed by atoms with E-state index in [-0.39, 0.29) is 23.9 Å². The fourth-order valence-electron chi connectivity index (χ4n) is 2.80. The van der Waals surface area contributed by atoms with E-state index in [1.807, 2.05) is 32.0 Å². The van der Waals surface area contributed by atoms with Gasteiger partial charge in [-0.1, -0.05) is 6.07 Å². The van der Waals surface area contributed by atoms with Gasteiger partial charge in [0.15, 0.2) is 5.82 Å².